The smallest absolute Gasteiger partial charge is 0.303 e. The van der Waals surface area contributed by atoms with Gasteiger partial charge in [0, 0.05) is 24.5 Å². The molecule has 0 bridgehead atoms. The number of aliphatic carboxylic acids is 1. The number of anilines is 1. The Hall–Kier alpha value is -4.18. The van der Waals surface area contributed by atoms with E-state index < -0.39 is 21.8 Å². The number of aromatic nitrogens is 1. The average Bonchev–Trinajstić information content (AvgIpc) is 3.24. The van der Waals surface area contributed by atoms with E-state index in [0.29, 0.717) is 29.4 Å². The van der Waals surface area contributed by atoms with Crippen LogP contribution in [0.2, 0.25) is 0 Å². The Kier molecular flexibility index (Phi) is 7.88. The Morgan fingerprint density at radius 1 is 1.05 bits per heavy atom. The van der Waals surface area contributed by atoms with Gasteiger partial charge in [-0.1, -0.05) is 24.3 Å². The van der Waals surface area contributed by atoms with E-state index in [1.54, 1.807) is 12.1 Å². The number of rotatable bonds is 11. The minimum Gasteiger partial charge on any atom is -0.493 e. The molecule has 0 aliphatic heterocycles. The lowest BCUT2D eigenvalue weighted by molar-refractivity contribution is -0.136. The Morgan fingerprint density at radius 3 is 2.49 bits per heavy atom. The number of ether oxygens (including phenoxy) is 1. The number of nitrogens with one attached hydrogen (secondary N) is 1. The maximum Gasteiger partial charge on any atom is 0.303 e. The summed E-state index contributed by atoms with van der Waals surface area (Å²) in [7, 11) is -4.04. The molecule has 0 fully saturated rings. The molecule has 192 valence electrons. The summed E-state index contributed by atoms with van der Waals surface area (Å²) in [6.45, 7) is 2.08. The zero-order valence-electron chi connectivity index (χ0n) is 20.0. The molecule has 0 saturated carbocycles. The number of aryl methyl sites for hydroxylation is 2. The summed E-state index contributed by atoms with van der Waals surface area (Å²) in [4.78, 5) is 15.5. The van der Waals surface area contributed by atoms with Gasteiger partial charge >= 0.3 is 5.97 Å². The van der Waals surface area contributed by atoms with Gasteiger partial charge < -0.3 is 14.3 Å². The summed E-state index contributed by atoms with van der Waals surface area (Å²) in [5.41, 5.74) is 2.29. The Labute approximate surface area is 213 Å². The van der Waals surface area contributed by atoms with Crippen molar-refractivity contribution in [3.8, 4) is 17.2 Å². The van der Waals surface area contributed by atoms with Crippen molar-refractivity contribution in [2.24, 2.45) is 0 Å². The highest BCUT2D eigenvalue weighted by atomic mass is 32.2. The molecular weight excluding hydrogens is 499 g/mol. The van der Waals surface area contributed by atoms with Crippen LogP contribution in [0.5, 0.6) is 5.75 Å². The third-order valence-electron chi connectivity index (χ3n) is 5.58. The molecule has 2 N–H and O–H groups in total. The predicted octanol–water partition coefficient (Wildman–Crippen LogP) is 5.23. The number of hydrogen-bond donors (Lipinski definition) is 2. The van der Waals surface area contributed by atoms with Gasteiger partial charge in [-0.2, -0.15) is 0 Å². The highest BCUT2D eigenvalue weighted by Gasteiger charge is 2.18. The monoisotopic (exact) mass is 524 g/mol. The molecule has 3 aromatic carbocycles. The third-order valence-corrected chi connectivity index (χ3v) is 6.96. The first kappa shape index (κ1) is 25.9. The lowest BCUT2D eigenvalue weighted by Crippen LogP contribution is -2.15. The molecule has 4 rings (SSSR count). The quantitative estimate of drug-likeness (QED) is 0.276. The van der Waals surface area contributed by atoms with Crippen LogP contribution in [0.3, 0.4) is 0 Å². The van der Waals surface area contributed by atoms with Crippen LogP contribution in [0.25, 0.3) is 11.5 Å². The zero-order valence-corrected chi connectivity index (χ0v) is 20.8. The number of benzene rings is 3. The second-order valence-electron chi connectivity index (χ2n) is 8.26. The summed E-state index contributed by atoms with van der Waals surface area (Å²) in [6, 6.07) is 18.7. The van der Waals surface area contributed by atoms with Gasteiger partial charge in [0.15, 0.2) is 0 Å². The minimum absolute atomic E-state index is 0.108. The second kappa shape index (κ2) is 11.3. The zero-order chi connectivity index (χ0) is 26.4. The second-order valence-corrected chi connectivity index (χ2v) is 9.94. The molecule has 0 spiro atoms. The normalized spacial score (nSPS) is 11.3. The van der Waals surface area contributed by atoms with Crippen LogP contribution in [0.15, 0.2) is 82.1 Å². The fourth-order valence-electron chi connectivity index (χ4n) is 3.65. The van der Waals surface area contributed by atoms with Crippen molar-refractivity contribution in [1.82, 2.24) is 4.98 Å². The van der Waals surface area contributed by atoms with Crippen LogP contribution >= 0.6 is 0 Å². The van der Waals surface area contributed by atoms with E-state index in [-0.39, 0.29) is 30.0 Å². The number of nitrogens with zero attached hydrogens (tertiary/aromatic N) is 1. The molecule has 0 radical (unpaired) electrons. The highest BCUT2D eigenvalue weighted by molar-refractivity contribution is 7.92. The molecule has 0 unspecified atom stereocenters. The van der Waals surface area contributed by atoms with Crippen molar-refractivity contribution >= 4 is 21.7 Å². The van der Waals surface area contributed by atoms with Crippen LogP contribution in [0.1, 0.15) is 23.4 Å². The van der Waals surface area contributed by atoms with Gasteiger partial charge in [-0.05, 0) is 61.4 Å². The lowest BCUT2D eigenvalue weighted by atomic mass is 10.1. The average molecular weight is 525 g/mol. The maximum atomic E-state index is 13.3. The van der Waals surface area contributed by atoms with Crippen molar-refractivity contribution in [3.05, 3.63) is 95.6 Å². The summed E-state index contributed by atoms with van der Waals surface area (Å²) >= 11 is 0. The van der Waals surface area contributed by atoms with E-state index in [2.05, 4.69) is 9.71 Å². The molecule has 37 heavy (non-hydrogen) atoms. The topological polar surface area (TPSA) is 119 Å². The minimum atomic E-state index is -4.04. The van der Waals surface area contributed by atoms with E-state index in [1.807, 2.05) is 37.3 Å². The maximum absolute atomic E-state index is 13.3. The number of sulfonamides is 1. The van der Waals surface area contributed by atoms with Gasteiger partial charge in [0.05, 0.1) is 22.9 Å². The first-order valence-corrected chi connectivity index (χ1v) is 13.0. The first-order chi connectivity index (χ1) is 17.7. The van der Waals surface area contributed by atoms with Gasteiger partial charge in [-0.3, -0.25) is 9.52 Å². The van der Waals surface area contributed by atoms with Crippen molar-refractivity contribution in [1.29, 1.82) is 0 Å². The number of carboxylic acid groups (broad SMARTS) is 1. The first-order valence-electron chi connectivity index (χ1n) is 11.5. The largest absolute Gasteiger partial charge is 0.493 e. The van der Waals surface area contributed by atoms with Crippen LogP contribution in [0.4, 0.5) is 10.1 Å². The van der Waals surface area contributed by atoms with E-state index in [1.165, 1.54) is 6.07 Å². The number of oxazole rings is 1. The summed E-state index contributed by atoms with van der Waals surface area (Å²) in [6.07, 6.45) is 0.386. The van der Waals surface area contributed by atoms with E-state index in [9.17, 15) is 17.6 Å². The Balaban J connectivity index is 1.49. The predicted molar refractivity (Wildman–Crippen MR) is 135 cm³/mol. The van der Waals surface area contributed by atoms with Crippen molar-refractivity contribution < 1.29 is 31.9 Å². The molecule has 4 aromatic rings. The Morgan fingerprint density at radius 2 is 1.78 bits per heavy atom. The molecule has 0 aliphatic carbocycles. The molecule has 10 heteroatoms. The summed E-state index contributed by atoms with van der Waals surface area (Å²) in [5, 5.41) is 9.07. The standard InChI is InChI=1S/C27H25FN2O6S/c1-18-24(29-27(36-18)20-5-3-2-4-6-20)15-16-35-22-11-7-19(8-14-26(31)32)25(17-22)30-37(33,34)23-12-9-21(28)10-13-23/h2-7,9-13,17,30H,8,14-16H2,1H3,(H,31,32). The molecule has 0 amide bonds. The van der Waals surface area contributed by atoms with Gasteiger partial charge in [0.1, 0.15) is 17.3 Å². The van der Waals surface area contributed by atoms with Crippen LogP contribution < -0.4 is 9.46 Å². The molecule has 0 saturated heterocycles. The van der Waals surface area contributed by atoms with Crippen LogP contribution in [-0.2, 0) is 27.7 Å². The number of halogens is 1. The Bertz CT molecular complexity index is 1490. The van der Waals surface area contributed by atoms with Crippen molar-refractivity contribution in [2.75, 3.05) is 11.3 Å². The molecular formula is C27H25FN2O6S. The van der Waals surface area contributed by atoms with Gasteiger partial charge in [-0.15, -0.1) is 0 Å². The van der Waals surface area contributed by atoms with Gasteiger partial charge in [0.25, 0.3) is 10.0 Å². The number of hydrogen-bond acceptors (Lipinski definition) is 6. The molecule has 0 aliphatic rings. The highest BCUT2D eigenvalue weighted by Crippen LogP contribution is 2.27. The molecule has 1 aromatic heterocycles. The molecule has 8 nitrogen and oxygen atoms in total. The SMILES string of the molecule is Cc1oc(-c2ccccc2)nc1CCOc1ccc(CCC(=O)O)c(NS(=O)(=O)c2ccc(F)cc2)c1. The van der Waals surface area contributed by atoms with E-state index in [0.717, 1.165) is 35.5 Å². The van der Waals surface area contributed by atoms with E-state index in [4.69, 9.17) is 14.3 Å². The van der Waals surface area contributed by atoms with Crippen LogP contribution in [0, 0.1) is 12.7 Å². The van der Waals surface area contributed by atoms with Gasteiger partial charge in [-0.25, -0.2) is 17.8 Å². The van der Waals surface area contributed by atoms with Crippen LogP contribution in [-0.4, -0.2) is 31.1 Å². The number of carboxylic acids is 1. The van der Waals surface area contributed by atoms with Crippen molar-refractivity contribution in [2.45, 2.75) is 31.1 Å². The fourth-order valence-corrected chi connectivity index (χ4v) is 4.74. The summed E-state index contributed by atoms with van der Waals surface area (Å²) in [5.74, 6) is 0.0214. The molecule has 1 heterocycles. The lowest BCUT2D eigenvalue weighted by Gasteiger charge is -2.15. The third kappa shape index (κ3) is 6.73. The number of carbonyl (C=O) groups is 1. The summed E-state index contributed by atoms with van der Waals surface area (Å²) < 4.78 is 53.1. The van der Waals surface area contributed by atoms with Crippen molar-refractivity contribution in [3.63, 3.8) is 0 Å². The van der Waals surface area contributed by atoms with Gasteiger partial charge in [0.2, 0.25) is 5.89 Å². The molecule has 0 atom stereocenters. The fraction of sp³-hybridized carbons (Fsp3) is 0.185. The van der Waals surface area contributed by atoms with E-state index >= 15 is 0 Å².